The van der Waals surface area contributed by atoms with Gasteiger partial charge in [-0.15, -0.1) is 0 Å². The van der Waals surface area contributed by atoms with Gasteiger partial charge in [-0.1, -0.05) is 63.8 Å². The molecule has 24 heavy (non-hydrogen) atoms. The molecule has 0 aliphatic heterocycles. The minimum atomic E-state index is -0.990. The second kappa shape index (κ2) is 14.9. The zero-order valence-corrected chi connectivity index (χ0v) is 16.8. The van der Waals surface area contributed by atoms with Crippen molar-refractivity contribution in [3.63, 3.8) is 0 Å². The molecule has 0 bridgehead atoms. The van der Waals surface area contributed by atoms with Crippen molar-refractivity contribution in [3.8, 4) is 0 Å². The lowest BCUT2D eigenvalue weighted by Gasteiger charge is -2.36. The Labute approximate surface area is 152 Å². The molecule has 0 amide bonds. The quantitative estimate of drug-likeness (QED) is 0.216. The van der Waals surface area contributed by atoms with Gasteiger partial charge >= 0.3 is 0 Å². The van der Waals surface area contributed by atoms with Gasteiger partial charge in [0.15, 0.2) is 0 Å². The molecule has 0 fully saturated rings. The highest BCUT2D eigenvalue weighted by atomic mass is 32.2. The van der Waals surface area contributed by atoms with Gasteiger partial charge in [-0.3, -0.25) is 4.79 Å². The van der Waals surface area contributed by atoms with Crippen LogP contribution in [0.25, 0.3) is 0 Å². The van der Waals surface area contributed by atoms with E-state index in [0.717, 1.165) is 31.4 Å². The SMILES string of the molecule is C=CC(=O)SCCCC(CCCCCCCC)C(OC)(OC)OC. The Morgan fingerprint density at radius 2 is 1.54 bits per heavy atom. The summed E-state index contributed by atoms with van der Waals surface area (Å²) in [6.45, 7) is 5.73. The first-order valence-electron chi connectivity index (χ1n) is 9.04. The van der Waals surface area contributed by atoms with Crippen LogP contribution in [-0.4, -0.2) is 38.2 Å². The lowest BCUT2D eigenvalue weighted by Crippen LogP contribution is -2.44. The molecule has 0 aliphatic carbocycles. The van der Waals surface area contributed by atoms with Gasteiger partial charge in [-0.2, -0.15) is 0 Å². The molecule has 0 heterocycles. The monoisotopic (exact) mass is 360 g/mol. The maximum absolute atomic E-state index is 11.3. The van der Waals surface area contributed by atoms with Crippen LogP contribution >= 0.6 is 11.8 Å². The van der Waals surface area contributed by atoms with Crippen molar-refractivity contribution in [3.05, 3.63) is 12.7 Å². The molecule has 4 nitrogen and oxygen atoms in total. The van der Waals surface area contributed by atoms with Crippen LogP contribution in [0.4, 0.5) is 0 Å². The molecule has 0 aliphatic rings. The highest BCUT2D eigenvalue weighted by Crippen LogP contribution is 2.32. The van der Waals surface area contributed by atoms with Crippen LogP contribution in [0, 0.1) is 5.92 Å². The summed E-state index contributed by atoms with van der Waals surface area (Å²) >= 11 is 1.31. The van der Waals surface area contributed by atoms with Crippen molar-refractivity contribution in [2.45, 2.75) is 70.7 Å². The van der Waals surface area contributed by atoms with Gasteiger partial charge < -0.3 is 14.2 Å². The fourth-order valence-electron chi connectivity index (χ4n) is 2.98. The van der Waals surface area contributed by atoms with Crippen molar-refractivity contribution < 1.29 is 19.0 Å². The van der Waals surface area contributed by atoms with Crippen molar-refractivity contribution >= 4 is 16.9 Å². The number of rotatable bonds is 16. The van der Waals surface area contributed by atoms with Crippen molar-refractivity contribution in [2.24, 2.45) is 5.92 Å². The van der Waals surface area contributed by atoms with Gasteiger partial charge in [-0.25, -0.2) is 0 Å². The van der Waals surface area contributed by atoms with E-state index in [2.05, 4.69) is 13.5 Å². The third kappa shape index (κ3) is 9.21. The lowest BCUT2D eigenvalue weighted by molar-refractivity contribution is -0.380. The minimum Gasteiger partial charge on any atom is -0.331 e. The topological polar surface area (TPSA) is 44.8 Å². The van der Waals surface area contributed by atoms with Crippen molar-refractivity contribution in [2.75, 3.05) is 27.1 Å². The Bertz CT molecular complexity index is 321. The molecule has 142 valence electrons. The first-order chi connectivity index (χ1) is 11.6. The van der Waals surface area contributed by atoms with Gasteiger partial charge in [0.2, 0.25) is 5.12 Å². The molecule has 0 spiro atoms. The average molecular weight is 361 g/mol. The van der Waals surface area contributed by atoms with Crippen LogP contribution in [0.1, 0.15) is 64.7 Å². The van der Waals surface area contributed by atoms with E-state index in [1.807, 2.05) is 0 Å². The zero-order chi connectivity index (χ0) is 18.3. The van der Waals surface area contributed by atoms with Crippen LogP contribution in [0.2, 0.25) is 0 Å². The van der Waals surface area contributed by atoms with E-state index in [0.29, 0.717) is 0 Å². The maximum atomic E-state index is 11.3. The minimum absolute atomic E-state index is 0.0268. The van der Waals surface area contributed by atoms with Gasteiger partial charge in [0.05, 0.1) is 0 Å². The van der Waals surface area contributed by atoms with Crippen LogP contribution in [-0.2, 0) is 19.0 Å². The van der Waals surface area contributed by atoms with E-state index in [1.54, 1.807) is 21.3 Å². The van der Waals surface area contributed by atoms with E-state index >= 15 is 0 Å². The third-order valence-corrected chi connectivity index (χ3v) is 5.31. The number of thioether (sulfide) groups is 1. The predicted octanol–water partition coefficient (Wildman–Crippen LogP) is 5.17. The Balaban J connectivity index is 4.43. The number of hydrogen-bond acceptors (Lipinski definition) is 5. The van der Waals surface area contributed by atoms with Crippen molar-refractivity contribution in [1.82, 2.24) is 0 Å². The zero-order valence-electron chi connectivity index (χ0n) is 16.0. The summed E-state index contributed by atoms with van der Waals surface area (Å²) in [5.74, 6) is -0.0511. The second-order valence-corrected chi connectivity index (χ2v) is 7.08. The number of hydrogen-bond donors (Lipinski definition) is 0. The summed E-state index contributed by atoms with van der Waals surface area (Å²) in [4.78, 5) is 11.3. The fraction of sp³-hybridized carbons (Fsp3) is 0.842. The van der Waals surface area contributed by atoms with E-state index < -0.39 is 5.97 Å². The molecule has 0 rings (SSSR count). The van der Waals surface area contributed by atoms with Crippen LogP contribution in [0.5, 0.6) is 0 Å². The molecule has 0 aromatic carbocycles. The molecule has 0 N–H and O–H groups in total. The van der Waals surface area contributed by atoms with Crippen LogP contribution in [0.15, 0.2) is 12.7 Å². The average Bonchev–Trinajstić information content (AvgIpc) is 2.62. The lowest BCUT2D eigenvalue weighted by atomic mass is 9.93. The predicted molar refractivity (Wildman–Crippen MR) is 102 cm³/mol. The third-order valence-electron chi connectivity index (χ3n) is 4.37. The second-order valence-electron chi connectivity index (χ2n) is 5.98. The molecule has 0 radical (unpaired) electrons. The molecule has 0 saturated carbocycles. The van der Waals surface area contributed by atoms with E-state index in [-0.39, 0.29) is 11.0 Å². The standard InChI is InChI=1S/C19H36O4S/c1-6-8-9-10-11-12-14-17(19(21-3,22-4)23-5)15-13-16-24-18(20)7-2/h7,17H,2,6,8-16H2,1,3-5H3. The molecular weight excluding hydrogens is 324 g/mol. The molecule has 0 aromatic heterocycles. The first kappa shape index (κ1) is 23.6. The van der Waals surface area contributed by atoms with Crippen LogP contribution in [0.3, 0.4) is 0 Å². The van der Waals surface area contributed by atoms with Crippen LogP contribution < -0.4 is 0 Å². The summed E-state index contributed by atoms with van der Waals surface area (Å²) in [5.41, 5.74) is 0. The largest absolute Gasteiger partial charge is 0.331 e. The Morgan fingerprint density at radius 3 is 2.08 bits per heavy atom. The highest BCUT2D eigenvalue weighted by molar-refractivity contribution is 8.14. The molecule has 5 heteroatoms. The Hall–Kier alpha value is -0.360. The maximum Gasteiger partial charge on any atom is 0.285 e. The van der Waals surface area contributed by atoms with E-state index in [1.165, 1.54) is 49.9 Å². The summed E-state index contributed by atoms with van der Waals surface area (Å²) < 4.78 is 16.7. The van der Waals surface area contributed by atoms with Gasteiger partial charge in [0, 0.05) is 33.0 Å². The first-order valence-corrected chi connectivity index (χ1v) is 10.0. The van der Waals surface area contributed by atoms with Gasteiger partial charge in [0.1, 0.15) is 0 Å². The number of carbonyl (C=O) groups is 1. The van der Waals surface area contributed by atoms with E-state index in [4.69, 9.17) is 14.2 Å². The number of carbonyl (C=O) groups excluding carboxylic acids is 1. The molecule has 0 aromatic rings. The number of methoxy groups -OCH3 is 3. The number of ether oxygens (including phenoxy) is 3. The molecule has 1 atom stereocenters. The normalized spacial score (nSPS) is 13.0. The molecular formula is C19H36O4S. The van der Waals surface area contributed by atoms with Gasteiger partial charge in [0.25, 0.3) is 5.97 Å². The Kier molecular flexibility index (Phi) is 14.7. The van der Waals surface area contributed by atoms with Gasteiger partial charge in [-0.05, 0) is 25.3 Å². The van der Waals surface area contributed by atoms with E-state index in [9.17, 15) is 4.79 Å². The van der Waals surface area contributed by atoms with Crippen molar-refractivity contribution in [1.29, 1.82) is 0 Å². The summed E-state index contributed by atoms with van der Waals surface area (Å²) in [6.07, 6.45) is 11.7. The smallest absolute Gasteiger partial charge is 0.285 e. The number of unbranched alkanes of at least 4 members (excludes halogenated alkanes) is 5. The summed E-state index contributed by atoms with van der Waals surface area (Å²) in [6, 6.07) is 0. The molecule has 0 saturated heterocycles. The highest BCUT2D eigenvalue weighted by Gasteiger charge is 2.39. The molecule has 1 unspecified atom stereocenters. The fourth-order valence-corrected chi connectivity index (χ4v) is 3.61. The summed E-state index contributed by atoms with van der Waals surface area (Å²) in [7, 11) is 4.87. The Morgan fingerprint density at radius 1 is 1.00 bits per heavy atom. The summed E-state index contributed by atoms with van der Waals surface area (Å²) in [5, 5.41) is 0.0268.